The van der Waals surface area contributed by atoms with Crippen LogP contribution >= 0.6 is 11.8 Å². The van der Waals surface area contributed by atoms with Crippen LogP contribution in [-0.2, 0) is 36.8 Å². The number of aromatic nitrogens is 2. The van der Waals surface area contributed by atoms with Gasteiger partial charge in [0.25, 0.3) is 0 Å². The van der Waals surface area contributed by atoms with Gasteiger partial charge >= 0.3 is 11.9 Å². The first-order valence-corrected chi connectivity index (χ1v) is 13.7. The number of hydrogen-bond donors (Lipinski definition) is 8. The molecule has 0 spiro atoms. The first-order valence-electron chi connectivity index (χ1n) is 12.4. The summed E-state index contributed by atoms with van der Waals surface area (Å²) in [4.78, 5) is 68.5. The Morgan fingerprint density at radius 3 is 2.08 bits per heavy atom. The molecule has 3 amide bonds. The zero-order chi connectivity index (χ0) is 29.7. The predicted octanol–water partition coefficient (Wildman–Crippen LogP) is -0.615. The van der Waals surface area contributed by atoms with Gasteiger partial charge < -0.3 is 42.0 Å². The van der Waals surface area contributed by atoms with Crippen molar-refractivity contribution in [3.63, 3.8) is 0 Å². The zero-order valence-corrected chi connectivity index (χ0v) is 22.6. The van der Waals surface area contributed by atoms with E-state index in [1.54, 1.807) is 18.4 Å². The van der Waals surface area contributed by atoms with E-state index in [1.165, 1.54) is 36.4 Å². The van der Waals surface area contributed by atoms with E-state index in [0.29, 0.717) is 17.0 Å². The highest BCUT2D eigenvalue weighted by Gasteiger charge is 2.30. The number of H-pyrrole nitrogens is 1. The summed E-state index contributed by atoms with van der Waals surface area (Å²) in [5, 5.41) is 35.5. The summed E-state index contributed by atoms with van der Waals surface area (Å²) in [5.74, 6) is -4.26. The Labute approximate surface area is 234 Å². The van der Waals surface area contributed by atoms with Crippen LogP contribution in [0.2, 0.25) is 0 Å². The molecule has 0 fully saturated rings. The zero-order valence-electron chi connectivity index (χ0n) is 21.8. The van der Waals surface area contributed by atoms with E-state index in [1.807, 2.05) is 0 Å². The average molecular weight is 579 g/mol. The number of carboxylic acids is 2. The largest absolute Gasteiger partial charge is 0.508 e. The quantitative estimate of drug-likeness (QED) is 0.118. The van der Waals surface area contributed by atoms with Crippen LogP contribution in [0.4, 0.5) is 0 Å². The van der Waals surface area contributed by atoms with Crippen molar-refractivity contribution < 1.29 is 39.3 Å². The number of amides is 3. The number of phenolic OH excluding ortho intramolecular Hbond substituents is 1. The Balaban J connectivity index is 2.12. The molecule has 0 saturated heterocycles. The number of nitrogens with zero attached hydrogens (tertiary/aromatic N) is 1. The second-order valence-corrected chi connectivity index (χ2v) is 9.98. The highest BCUT2D eigenvalue weighted by molar-refractivity contribution is 7.98. The van der Waals surface area contributed by atoms with E-state index in [-0.39, 0.29) is 31.4 Å². The van der Waals surface area contributed by atoms with Crippen LogP contribution in [0.3, 0.4) is 0 Å². The van der Waals surface area contributed by atoms with Crippen LogP contribution in [0.5, 0.6) is 5.75 Å². The van der Waals surface area contributed by atoms with Gasteiger partial charge in [0.15, 0.2) is 0 Å². The lowest BCUT2D eigenvalue weighted by molar-refractivity contribution is -0.142. The molecule has 0 radical (unpaired) electrons. The summed E-state index contributed by atoms with van der Waals surface area (Å²) in [6.45, 7) is 0. The van der Waals surface area contributed by atoms with E-state index < -0.39 is 60.2 Å². The molecule has 4 unspecified atom stereocenters. The molecule has 9 N–H and O–H groups in total. The van der Waals surface area contributed by atoms with Crippen molar-refractivity contribution in [3.8, 4) is 5.75 Å². The second-order valence-electron chi connectivity index (χ2n) is 8.99. The molecule has 1 heterocycles. The maximum Gasteiger partial charge on any atom is 0.326 e. The molecular weight excluding hydrogens is 544 g/mol. The van der Waals surface area contributed by atoms with Crippen LogP contribution in [0.25, 0.3) is 0 Å². The number of phenols is 1. The van der Waals surface area contributed by atoms with E-state index in [2.05, 4.69) is 25.9 Å². The van der Waals surface area contributed by atoms with Crippen LogP contribution < -0.4 is 21.7 Å². The number of imidazole rings is 1. The van der Waals surface area contributed by atoms with Crippen molar-refractivity contribution >= 4 is 41.4 Å². The molecule has 40 heavy (non-hydrogen) atoms. The molecule has 0 aliphatic rings. The number of carboxylic acid groups (broad SMARTS) is 2. The van der Waals surface area contributed by atoms with E-state index in [9.17, 15) is 34.2 Å². The number of hydrogen-bond acceptors (Lipinski definition) is 9. The molecule has 0 bridgehead atoms. The Hall–Kier alpha value is -4.11. The van der Waals surface area contributed by atoms with Crippen LogP contribution in [0.15, 0.2) is 36.8 Å². The smallest absolute Gasteiger partial charge is 0.326 e. The number of carbonyl (C=O) groups is 5. The minimum Gasteiger partial charge on any atom is -0.508 e. The standard InChI is InChI=1S/C25H34N6O8S/c1-40-9-8-19(24(37)31-20(25(38)39)11-15-12-27-13-28-15)30-23(36)18(6-7-21(33)34)29-22(35)17(26)10-14-2-4-16(32)5-3-14/h2-5,12-13,17-20,32H,6-11,26H2,1H3,(H,27,28)(H,29,35)(H,30,36)(H,31,37)(H,33,34)(H,38,39). The summed E-state index contributed by atoms with van der Waals surface area (Å²) < 4.78 is 0. The molecule has 1 aromatic heterocycles. The number of aromatic amines is 1. The number of benzene rings is 1. The molecule has 14 nitrogen and oxygen atoms in total. The summed E-state index contributed by atoms with van der Waals surface area (Å²) in [5.41, 5.74) is 7.13. The lowest BCUT2D eigenvalue weighted by atomic mass is 10.0. The predicted molar refractivity (Wildman–Crippen MR) is 145 cm³/mol. The fraction of sp³-hybridized carbons (Fsp3) is 0.440. The minimum absolute atomic E-state index is 0.0447. The third kappa shape index (κ3) is 10.9. The van der Waals surface area contributed by atoms with Crippen molar-refractivity contribution in [2.45, 2.75) is 56.3 Å². The summed E-state index contributed by atoms with van der Waals surface area (Å²) in [7, 11) is 0. The molecule has 2 aromatic rings. The van der Waals surface area contributed by atoms with Gasteiger partial charge in [-0.3, -0.25) is 19.2 Å². The number of nitrogens with two attached hydrogens (primary N) is 1. The molecule has 2 rings (SSSR count). The first-order chi connectivity index (χ1) is 19.0. The maximum atomic E-state index is 13.2. The van der Waals surface area contributed by atoms with Crippen molar-refractivity contribution in [1.29, 1.82) is 0 Å². The SMILES string of the molecule is CSCCC(NC(=O)C(CCC(=O)O)NC(=O)C(N)Cc1ccc(O)cc1)C(=O)NC(Cc1cnc[nH]1)C(=O)O. The lowest BCUT2D eigenvalue weighted by Crippen LogP contribution is -2.57. The minimum atomic E-state index is -1.32. The number of thioether (sulfide) groups is 1. The Kier molecular flexibility index (Phi) is 12.9. The van der Waals surface area contributed by atoms with Crippen LogP contribution in [0.1, 0.15) is 30.5 Å². The Morgan fingerprint density at radius 1 is 0.925 bits per heavy atom. The normalized spacial score (nSPS) is 13.8. The van der Waals surface area contributed by atoms with Gasteiger partial charge in [-0.15, -0.1) is 0 Å². The maximum absolute atomic E-state index is 13.2. The number of carbonyl (C=O) groups excluding carboxylic acids is 3. The fourth-order valence-corrected chi connectivity index (χ4v) is 4.13. The van der Waals surface area contributed by atoms with Gasteiger partial charge in [0.05, 0.1) is 12.4 Å². The third-order valence-electron chi connectivity index (χ3n) is 5.85. The molecule has 0 aliphatic carbocycles. The summed E-state index contributed by atoms with van der Waals surface area (Å²) in [6, 6.07) is 1.18. The van der Waals surface area contributed by atoms with Gasteiger partial charge in [0.2, 0.25) is 17.7 Å². The van der Waals surface area contributed by atoms with Crippen molar-refractivity contribution in [3.05, 3.63) is 48.0 Å². The molecule has 4 atom stereocenters. The number of rotatable bonds is 17. The highest BCUT2D eigenvalue weighted by Crippen LogP contribution is 2.11. The number of aliphatic carboxylic acids is 2. The van der Waals surface area contributed by atoms with Crippen molar-refractivity contribution in [2.24, 2.45) is 5.73 Å². The van der Waals surface area contributed by atoms with Gasteiger partial charge in [0, 0.05) is 24.7 Å². The number of nitrogens with one attached hydrogen (secondary N) is 4. The van der Waals surface area contributed by atoms with E-state index in [4.69, 9.17) is 10.8 Å². The fourth-order valence-electron chi connectivity index (χ4n) is 3.66. The molecule has 0 aliphatic heterocycles. The van der Waals surface area contributed by atoms with Gasteiger partial charge in [-0.25, -0.2) is 9.78 Å². The summed E-state index contributed by atoms with van der Waals surface area (Å²) >= 11 is 1.40. The first kappa shape index (κ1) is 32.1. The highest BCUT2D eigenvalue weighted by atomic mass is 32.2. The van der Waals surface area contributed by atoms with Crippen molar-refractivity contribution in [2.75, 3.05) is 12.0 Å². The average Bonchev–Trinajstić information content (AvgIpc) is 3.42. The van der Waals surface area contributed by atoms with Crippen LogP contribution in [-0.4, -0.2) is 91.1 Å². The second kappa shape index (κ2) is 16.1. The monoisotopic (exact) mass is 578 g/mol. The van der Waals surface area contributed by atoms with Gasteiger partial charge in [0.1, 0.15) is 23.9 Å². The molecule has 1 aromatic carbocycles. The van der Waals surface area contributed by atoms with E-state index in [0.717, 1.165) is 0 Å². The molecule has 218 valence electrons. The molecule has 0 saturated carbocycles. The topological polar surface area (TPSA) is 237 Å². The third-order valence-corrected chi connectivity index (χ3v) is 6.49. The van der Waals surface area contributed by atoms with Crippen molar-refractivity contribution in [1.82, 2.24) is 25.9 Å². The summed E-state index contributed by atoms with van der Waals surface area (Å²) in [6.07, 6.45) is 4.05. The number of aromatic hydroxyl groups is 1. The van der Waals surface area contributed by atoms with Gasteiger partial charge in [-0.2, -0.15) is 11.8 Å². The Morgan fingerprint density at radius 2 is 1.52 bits per heavy atom. The Bertz CT molecular complexity index is 1140. The molecule has 15 heteroatoms. The molecular formula is C25H34N6O8S. The van der Waals surface area contributed by atoms with E-state index >= 15 is 0 Å². The van der Waals surface area contributed by atoms with Gasteiger partial charge in [-0.05, 0) is 49.0 Å². The van der Waals surface area contributed by atoms with Gasteiger partial charge in [-0.1, -0.05) is 12.1 Å². The van der Waals surface area contributed by atoms with Crippen LogP contribution in [0, 0.1) is 0 Å². The lowest BCUT2D eigenvalue weighted by Gasteiger charge is -2.25.